The quantitative estimate of drug-likeness (QED) is 0.0753. The number of β-amino-alcohol motifs (C(OH)–C–C–N with tert-alkyl or cyclic N) is 3. The number of hydrogen-bond donors (Lipinski definition) is 4. The van der Waals surface area contributed by atoms with Crippen molar-refractivity contribution in [2.75, 3.05) is 98.2 Å². The lowest BCUT2D eigenvalue weighted by atomic mass is 10.2. The largest absolute Gasteiger partial charge is 0.390 e. The van der Waals surface area contributed by atoms with Crippen LogP contribution in [0.1, 0.15) is 11.1 Å². The molecule has 16 heteroatoms. The molecule has 3 aliphatic rings. The predicted octanol–water partition coefficient (Wildman–Crippen LogP) is 13.1. The molecular formula is C71H77Br4N9O3. The lowest BCUT2D eigenvalue weighted by Gasteiger charge is -2.35. The average molecular weight is 1420 g/mol. The molecule has 3 saturated heterocycles. The first kappa shape index (κ1) is 61.9. The number of fused-ring (bicyclic) bond motifs is 9. The van der Waals surface area contributed by atoms with E-state index in [1.54, 1.807) is 0 Å². The number of para-hydroxylation sites is 2. The van der Waals surface area contributed by atoms with Gasteiger partial charge in [-0.25, -0.2) is 0 Å². The van der Waals surface area contributed by atoms with E-state index >= 15 is 0 Å². The van der Waals surface area contributed by atoms with Crippen LogP contribution in [0.4, 0.5) is 0 Å². The van der Waals surface area contributed by atoms with E-state index < -0.39 is 6.10 Å². The molecule has 0 radical (unpaired) electrons. The second-order valence-electron chi connectivity index (χ2n) is 23.6. The number of aliphatic hydroxyl groups excluding tert-OH is 3. The number of benzene rings is 8. The molecule has 3 aromatic heterocycles. The molecule has 12 nitrogen and oxygen atoms in total. The Balaban J connectivity index is 0.000000128. The highest BCUT2D eigenvalue weighted by molar-refractivity contribution is 9.11. The zero-order chi connectivity index (χ0) is 59.8. The molecule has 0 aliphatic carbocycles. The SMILES string of the molecule is OC(CN1CCN(Cc2ccccc2)CC1)Cn1c2ccc(Br)cc2c2cc(Br)ccc21.OC(CN1CCN(Cc2ccccc2)CC1)Cn1c2ccccc2c2ccccc21.OC(CN1CCNCC1)Cn1c2ccc(Br)cc2c2cc(Br)ccc21. The first-order chi connectivity index (χ1) is 42.5. The number of nitrogens with one attached hydrogen (secondary N) is 1. The van der Waals surface area contributed by atoms with Crippen LogP contribution in [-0.2, 0) is 32.7 Å². The molecule has 0 saturated carbocycles. The monoisotopic (exact) mass is 1420 g/mol. The van der Waals surface area contributed by atoms with Crippen molar-refractivity contribution in [3.8, 4) is 0 Å². The summed E-state index contributed by atoms with van der Waals surface area (Å²) in [7, 11) is 0. The van der Waals surface area contributed by atoms with Gasteiger partial charge in [0.15, 0.2) is 0 Å². The van der Waals surface area contributed by atoms with Crippen LogP contribution in [0.2, 0.25) is 0 Å². The summed E-state index contributed by atoms with van der Waals surface area (Å²) in [6.45, 7) is 18.2. The van der Waals surface area contributed by atoms with Gasteiger partial charge >= 0.3 is 0 Å². The Kier molecular flexibility index (Phi) is 20.7. The van der Waals surface area contributed by atoms with Gasteiger partial charge in [0.1, 0.15) is 0 Å². The Morgan fingerprint density at radius 1 is 0.299 bits per heavy atom. The Bertz CT molecular complexity index is 3890. The summed E-state index contributed by atoms with van der Waals surface area (Å²) in [4.78, 5) is 12.1. The van der Waals surface area contributed by atoms with Gasteiger partial charge in [-0.2, -0.15) is 0 Å². The van der Waals surface area contributed by atoms with Crippen LogP contribution < -0.4 is 5.32 Å². The maximum absolute atomic E-state index is 11.0. The number of rotatable bonds is 16. The van der Waals surface area contributed by atoms with E-state index in [-0.39, 0.29) is 12.2 Å². The van der Waals surface area contributed by atoms with Crippen LogP contribution in [0.25, 0.3) is 65.4 Å². The van der Waals surface area contributed by atoms with Crippen LogP contribution in [-0.4, -0.2) is 170 Å². The van der Waals surface area contributed by atoms with E-state index in [0.717, 1.165) is 145 Å². The van der Waals surface area contributed by atoms with E-state index in [1.165, 1.54) is 54.5 Å². The van der Waals surface area contributed by atoms with Crippen molar-refractivity contribution >= 4 is 129 Å². The van der Waals surface area contributed by atoms with Gasteiger partial charge in [0.2, 0.25) is 0 Å². The molecule has 87 heavy (non-hydrogen) atoms. The lowest BCUT2D eigenvalue weighted by Crippen LogP contribution is -2.48. The summed E-state index contributed by atoms with van der Waals surface area (Å²) in [5.74, 6) is 0. The summed E-state index contributed by atoms with van der Waals surface area (Å²) in [6, 6.07) is 63.8. The van der Waals surface area contributed by atoms with Gasteiger partial charge in [-0.3, -0.25) is 24.5 Å². The first-order valence-electron chi connectivity index (χ1n) is 30.6. The Labute approximate surface area is 544 Å². The molecule has 0 bridgehead atoms. The topological polar surface area (TPSA) is 104 Å². The molecule has 452 valence electrons. The number of nitrogens with zero attached hydrogens (tertiary/aromatic N) is 8. The third-order valence-electron chi connectivity index (χ3n) is 17.5. The second-order valence-corrected chi connectivity index (χ2v) is 27.3. The lowest BCUT2D eigenvalue weighted by molar-refractivity contribution is 0.0632. The molecule has 6 heterocycles. The van der Waals surface area contributed by atoms with Gasteiger partial charge in [0.05, 0.1) is 37.9 Å². The summed E-state index contributed by atoms with van der Waals surface area (Å²) in [5.41, 5.74) is 9.78. The highest BCUT2D eigenvalue weighted by Crippen LogP contribution is 2.36. The molecule has 4 N–H and O–H groups in total. The summed E-state index contributed by atoms with van der Waals surface area (Å²) < 4.78 is 11.1. The van der Waals surface area contributed by atoms with Crippen LogP contribution >= 0.6 is 63.7 Å². The Morgan fingerprint density at radius 3 is 0.908 bits per heavy atom. The fraction of sp³-hybridized carbons (Fsp3) is 0.324. The van der Waals surface area contributed by atoms with E-state index in [1.807, 2.05) is 0 Å². The number of aliphatic hydroxyl groups is 3. The van der Waals surface area contributed by atoms with Gasteiger partial charge in [-0.15, -0.1) is 0 Å². The van der Waals surface area contributed by atoms with Crippen molar-refractivity contribution in [3.05, 3.63) is 211 Å². The molecule has 3 fully saturated rings. The molecule has 11 aromatic rings. The van der Waals surface area contributed by atoms with Gasteiger partial charge in [-0.05, 0) is 96.1 Å². The van der Waals surface area contributed by atoms with Crippen LogP contribution in [0.15, 0.2) is 200 Å². The normalized spacial score (nSPS) is 17.0. The predicted molar refractivity (Wildman–Crippen MR) is 373 cm³/mol. The summed E-state index contributed by atoms with van der Waals surface area (Å²) >= 11 is 14.4. The van der Waals surface area contributed by atoms with Crippen molar-refractivity contribution in [1.82, 2.24) is 43.5 Å². The van der Waals surface area contributed by atoms with Gasteiger partial charge < -0.3 is 34.3 Å². The summed E-state index contributed by atoms with van der Waals surface area (Å²) in [5, 5.41) is 43.3. The van der Waals surface area contributed by atoms with Crippen molar-refractivity contribution in [2.24, 2.45) is 0 Å². The molecule has 3 atom stereocenters. The summed E-state index contributed by atoms with van der Waals surface area (Å²) in [6.07, 6.45) is -1.18. The minimum Gasteiger partial charge on any atom is -0.390 e. The zero-order valence-electron chi connectivity index (χ0n) is 49.1. The highest BCUT2D eigenvalue weighted by Gasteiger charge is 2.24. The number of halogens is 4. The van der Waals surface area contributed by atoms with Crippen molar-refractivity contribution in [1.29, 1.82) is 0 Å². The molecule has 14 rings (SSSR count). The zero-order valence-corrected chi connectivity index (χ0v) is 55.5. The number of piperazine rings is 3. The maximum atomic E-state index is 11.0. The minimum absolute atomic E-state index is 0.384. The molecule has 3 aliphatic heterocycles. The van der Waals surface area contributed by atoms with Crippen LogP contribution in [0.3, 0.4) is 0 Å². The average Bonchev–Trinajstić information content (AvgIpc) is 1.93. The van der Waals surface area contributed by atoms with Crippen LogP contribution in [0.5, 0.6) is 0 Å². The third-order valence-corrected chi connectivity index (χ3v) is 19.5. The number of aromatic nitrogens is 3. The molecule has 0 spiro atoms. The molecule has 8 aromatic carbocycles. The van der Waals surface area contributed by atoms with E-state index in [0.29, 0.717) is 26.2 Å². The van der Waals surface area contributed by atoms with E-state index in [2.05, 4.69) is 289 Å². The fourth-order valence-electron chi connectivity index (χ4n) is 13.2. The van der Waals surface area contributed by atoms with Gasteiger partial charge in [0, 0.05) is 195 Å². The van der Waals surface area contributed by atoms with E-state index in [9.17, 15) is 15.3 Å². The molecular weight excluding hydrogens is 1350 g/mol. The first-order valence-corrected chi connectivity index (χ1v) is 33.8. The third kappa shape index (κ3) is 15.3. The second kappa shape index (κ2) is 29.1. The Morgan fingerprint density at radius 2 is 0.575 bits per heavy atom. The fourth-order valence-corrected chi connectivity index (χ4v) is 14.7. The smallest absolute Gasteiger partial charge is 0.0845 e. The van der Waals surface area contributed by atoms with Gasteiger partial charge in [0.25, 0.3) is 0 Å². The maximum Gasteiger partial charge on any atom is 0.0845 e. The molecule has 3 unspecified atom stereocenters. The standard InChI is InChI=1S/C26H27Br2N3O.C26H29N3O.C19H21Br2N3O/c27-20-6-8-25-23(14-20)24-15-21(28)7-9-26(24)31(25)18-22(32)17-30-12-10-29(11-13-30)16-19-4-2-1-3-5-19;30-22(19-28-16-14-27(15-17-28)18-21-8-2-1-3-9-21)20-29-25-12-6-4-10-23(25)24-11-5-7-13-26(24)29;20-13-1-3-18-16(9-13)17-10-14(21)2-4-19(17)24(18)12-15(25)11-23-7-5-22-6-8-23/h1-9,14-15,22,32H,10-13,16-18H2;1-13,22,30H,14-20H2;1-4,9-10,15,22,25H,5-8,11-12H2. The van der Waals surface area contributed by atoms with Crippen molar-refractivity contribution < 1.29 is 15.3 Å². The van der Waals surface area contributed by atoms with Crippen molar-refractivity contribution in [3.63, 3.8) is 0 Å². The number of hydrogen-bond acceptors (Lipinski definition) is 9. The van der Waals surface area contributed by atoms with Gasteiger partial charge in [-0.1, -0.05) is 161 Å². The molecule has 0 amide bonds. The highest BCUT2D eigenvalue weighted by atomic mass is 79.9. The van der Waals surface area contributed by atoms with E-state index in [4.69, 9.17) is 0 Å². The van der Waals surface area contributed by atoms with Crippen molar-refractivity contribution in [2.45, 2.75) is 51.0 Å². The van der Waals surface area contributed by atoms with Crippen LogP contribution in [0, 0.1) is 0 Å². The Hall–Kier alpha value is -5.28. The minimum atomic E-state index is -0.415.